The molecule has 1 spiro atoms. The van der Waals surface area contributed by atoms with Crippen molar-refractivity contribution in [1.29, 1.82) is 0 Å². The van der Waals surface area contributed by atoms with Crippen LogP contribution in [-0.2, 0) is 0 Å². The highest BCUT2D eigenvalue weighted by Gasteiger charge is 2.43. The molecule has 1 aliphatic carbocycles. The smallest absolute Gasteiger partial charge is 0.267 e. The molecule has 1 aromatic carbocycles. The van der Waals surface area contributed by atoms with E-state index in [9.17, 15) is 4.79 Å². The summed E-state index contributed by atoms with van der Waals surface area (Å²) in [4.78, 5) is 26.3. The van der Waals surface area contributed by atoms with Crippen LogP contribution in [0, 0.1) is 0 Å². The first kappa shape index (κ1) is 19.7. The van der Waals surface area contributed by atoms with E-state index in [1.165, 1.54) is 0 Å². The molecule has 5 N–H and O–H groups in total. The molecule has 1 amide bonds. The second kappa shape index (κ2) is 8.00. The number of piperazine rings is 1. The summed E-state index contributed by atoms with van der Waals surface area (Å²) in [5, 5.41) is 1.97. The van der Waals surface area contributed by atoms with Crippen LogP contribution in [0.2, 0.25) is 0 Å². The Bertz CT molecular complexity index is 822. The average Bonchev–Trinajstić information content (AvgIpc) is 2.70. The summed E-state index contributed by atoms with van der Waals surface area (Å²) in [6, 6.07) is 7.51. The fourth-order valence-corrected chi connectivity index (χ4v) is 4.45. The van der Waals surface area contributed by atoms with Gasteiger partial charge in [-0.15, -0.1) is 0 Å². The molecule has 29 heavy (non-hydrogen) atoms. The summed E-state index contributed by atoms with van der Waals surface area (Å²) in [5.74, 6) is 0.353. The SMILES string of the molecule is CN1CCN(NC(=O)c2ccccc2N2C(N)=NC(N)=NC23CCCCC3)CC1. The Morgan fingerprint density at radius 2 is 1.76 bits per heavy atom. The molecular formula is C20H30N8O. The van der Waals surface area contributed by atoms with Gasteiger partial charge in [-0.3, -0.25) is 15.1 Å². The van der Waals surface area contributed by atoms with Crippen LogP contribution >= 0.6 is 0 Å². The molecule has 156 valence electrons. The highest BCUT2D eigenvalue weighted by molar-refractivity contribution is 6.09. The van der Waals surface area contributed by atoms with Crippen molar-refractivity contribution in [2.75, 3.05) is 38.1 Å². The molecule has 0 radical (unpaired) electrons. The van der Waals surface area contributed by atoms with Crippen molar-refractivity contribution in [2.24, 2.45) is 21.5 Å². The van der Waals surface area contributed by atoms with Crippen molar-refractivity contribution < 1.29 is 4.79 Å². The summed E-state index contributed by atoms with van der Waals surface area (Å²) in [6.45, 7) is 3.43. The zero-order valence-electron chi connectivity index (χ0n) is 17.0. The average molecular weight is 399 g/mol. The topological polar surface area (TPSA) is 116 Å². The molecule has 2 aliphatic heterocycles. The highest BCUT2D eigenvalue weighted by atomic mass is 16.2. The van der Waals surface area contributed by atoms with Crippen LogP contribution in [0.15, 0.2) is 34.3 Å². The molecule has 2 fully saturated rings. The van der Waals surface area contributed by atoms with Crippen LogP contribution in [0.5, 0.6) is 0 Å². The van der Waals surface area contributed by atoms with Crippen molar-refractivity contribution in [3.8, 4) is 0 Å². The molecule has 0 atom stereocenters. The zero-order valence-corrected chi connectivity index (χ0v) is 17.0. The number of aliphatic imine (C=N–C) groups is 2. The third kappa shape index (κ3) is 3.92. The normalized spacial score (nSPS) is 22.9. The number of carbonyl (C=O) groups excluding carboxylic acids is 1. The van der Waals surface area contributed by atoms with Gasteiger partial charge in [0.25, 0.3) is 5.91 Å². The van der Waals surface area contributed by atoms with Gasteiger partial charge in [-0.2, -0.15) is 4.99 Å². The summed E-state index contributed by atoms with van der Waals surface area (Å²) >= 11 is 0. The molecule has 9 heteroatoms. The molecule has 0 bridgehead atoms. The number of hydrogen-bond donors (Lipinski definition) is 3. The van der Waals surface area contributed by atoms with Crippen LogP contribution in [0.4, 0.5) is 5.69 Å². The van der Waals surface area contributed by atoms with Gasteiger partial charge in [0.05, 0.1) is 11.3 Å². The largest absolute Gasteiger partial charge is 0.369 e. The molecule has 1 saturated carbocycles. The number of hydrazine groups is 1. The van der Waals surface area contributed by atoms with E-state index in [1.54, 1.807) is 0 Å². The lowest BCUT2D eigenvalue weighted by atomic mass is 9.87. The van der Waals surface area contributed by atoms with Gasteiger partial charge in [0.1, 0.15) is 5.66 Å². The number of guanidine groups is 2. The summed E-state index contributed by atoms with van der Waals surface area (Å²) < 4.78 is 0. The quantitative estimate of drug-likeness (QED) is 0.690. The maximum Gasteiger partial charge on any atom is 0.267 e. The van der Waals surface area contributed by atoms with E-state index >= 15 is 0 Å². The van der Waals surface area contributed by atoms with Crippen molar-refractivity contribution in [2.45, 2.75) is 37.8 Å². The lowest BCUT2D eigenvalue weighted by Crippen LogP contribution is -2.59. The summed E-state index contributed by atoms with van der Waals surface area (Å²) in [6.07, 6.45) is 4.90. The van der Waals surface area contributed by atoms with Crippen LogP contribution in [0.3, 0.4) is 0 Å². The molecule has 3 aliphatic rings. The summed E-state index contributed by atoms with van der Waals surface area (Å²) in [7, 11) is 2.09. The number of amides is 1. The van der Waals surface area contributed by atoms with Gasteiger partial charge in [0.2, 0.25) is 11.9 Å². The Kier molecular flexibility index (Phi) is 5.42. The number of para-hydroxylation sites is 1. The van der Waals surface area contributed by atoms with Crippen LogP contribution in [-0.4, -0.2) is 66.6 Å². The maximum absolute atomic E-state index is 13.2. The van der Waals surface area contributed by atoms with Crippen LogP contribution in [0.25, 0.3) is 0 Å². The molecule has 0 unspecified atom stereocenters. The highest BCUT2D eigenvalue weighted by Crippen LogP contribution is 2.40. The Hall–Kier alpha value is -2.65. The predicted octanol–water partition coefficient (Wildman–Crippen LogP) is 0.689. The van der Waals surface area contributed by atoms with E-state index in [0.717, 1.165) is 64.0 Å². The van der Waals surface area contributed by atoms with E-state index in [-0.39, 0.29) is 11.9 Å². The van der Waals surface area contributed by atoms with E-state index in [0.29, 0.717) is 11.5 Å². The number of rotatable bonds is 3. The first-order chi connectivity index (χ1) is 14.0. The Morgan fingerprint density at radius 3 is 2.48 bits per heavy atom. The van der Waals surface area contributed by atoms with Gasteiger partial charge in [0, 0.05) is 26.2 Å². The molecule has 1 aromatic rings. The number of nitrogens with one attached hydrogen (secondary N) is 1. The number of benzene rings is 1. The molecule has 1 saturated heterocycles. The second-order valence-electron chi connectivity index (χ2n) is 8.07. The Morgan fingerprint density at radius 1 is 1.07 bits per heavy atom. The first-order valence-electron chi connectivity index (χ1n) is 10.3. The van der Waals surface area contributed by atoms with Gasteiger partial charge in [0.15, 0.2) is 0 Å². The van der Waals surface area contributed by atoms with Crippen molar-refractivity contribution in [3.05, 3.63) is 29.8 Å². The monoisotopic (exact) mass is 398 g/mol. The van der Waals surface area contributed by atoms with Gasteiger partial charge in [-0.25, -0.2) is 10.0 Å². The minimum Gasteiger partial charge on any atom is -0.369 e. The minimum absolute atomic E-state index is 0.147. The minimum atomic E-state index is -0.571. The van der Waals surface area contributed by atoms with Crippen molar-refractivity contribution >= 4 is 23.5 Å². The third-order valence-corrected chi connectivity index (χ3v) is 6.00. The van der Waals surface area contributed by atoms with Gasteiger partial charge in [-0.1, -0.05) is 18.6 Å². The maximum atomic E-state index is 13.2. The number of hydrogen-bond acceptors (Lipinski definition) is 8. The van der Waals surface area contributed by atoms with Gasteiger partial charge >= 0.3 is 0 Å². The molecular weight excluding hydrogens is 368 g/mol. The lowest BCUT2D eigenvalue weighted by molar-refractivity contribution is 0.0663. The molecule has 0 aromatic heterocycles. The second-order valence-corrected chi connectivity index (χ2v) is 8.07. The lowest BCUT2D eigenvalue weighted by Gasteiger charge is -2.46. The number of anilines is 1. The fourth-order valence-electron chi connectivity index (χ4n) is 4.45. The first-order valence-corrected chi connectivity index (χ1v) is 10.3. The number of nitrogens with two attached hydrogens (primary N) is 2. The Labute approximate surface area is 171 Å². The van der Waals surface area contributed by atoms with Gasteiger partial charge in [-0.05, 0) is 44.9 Å². The standard InChI is InChI=1S/C20H30N8O/c1-26-11-13-27(14-12-26)25-17(29)15-7-3-4-8-16(15)28-19(22)23-18(21)24-20(28)9-5-2-6-10-20/h3-4,7-8H,2,5-6,9-14H2,1H3,(H,25,29)(H4,21,22,23,24). The Balaban J connectivity index is 1.64. The predicted molar refractivity (Wildman–Crippen MR) is 115 cm³/mol. The van der Waals surface area contributed by atoms with Crippen molar-refractivity contribution in [1.82, 2.24) is 15.3 Å². The van der Waals surface area contributed by atoms with Crippen LogP contribution in [0.1, 0.15) is 42.5 Å². The van der Waals surface area contributed by atoms with Gasteiger partial charge < -0.3 is 16.4 Å². The van der Waals surface area contributed by atoms with E-state index in [2.05, 4.69) is 22.4 Å². The molecule has 4 rings (SSSR count). The van der Waals surface area contributed by atoms with E-state index in [4.69, 9.17) is 16.5 Å². The number of carbonyl (C=O) groups is 1. The van der Waals surface area contributed by atoms with E-state index < -0.39 is 5.66 Å². The third-order valence-electron chi connectivity index (χ3n) is 6.00. The zero-order chi connectivity index (χ0) is 20.4. The van der Waals surface area contributed by atoms with Crippen molar-refractivity contribution in [3.63, 3.8) is 0 Å². The molecule has 2 heterocycles. The van der Waals surface area contributed by atoms with E-state index in [1.807, 2.05) is 34.2 Å². The molecule has 9 nitrogen and oxygen atoms in total. The fraction of sp³-hybridized carbons (Fsp3) is 0.550. The number of likely N-dealkylation sites (N-methyl/N-ethyl adjacent to an activating group) is 1. The summed E-state index contributed by atoms with van der Waals surface area (Å²) in [5.41, 5.74) is 16.1. The van der Waals surface area contributed by atoms with Crippen LogP contribution < -0.4 is 21.8 Å². The number of nitrogens with zero attached hydrogens (tertiary/aromatic N) is 5.